The topological polar surface area (TPSA) is 103 Å². The number of benzene rings is 1. The SMILES string of the molecule is CCOC(=O)c1oc2ccc(S(=O)(=O)N3CCC(N)C(C)(C)C3)cc2c1C. The summed E-state index contributed by atoms with van der Waals surface area (Å²) in [6.07, 6.45) is 0.617. The molecule has 27 heavy (non-hydrogen) atoms. The summed E-state index contributed by atoms with van der Waals surface area (Å²) in [6.45, 7) is 8.39. The molecule has 1 fully saturated rings. The molecule has 2 heterocycles. The lowest BCUT2D eigenvalue weighted by Gasteiger charge is -2.41. The summed E-state index contributed by atoms with van der Waals surface area (Å²) in [7, 11) is -3.67. The van der Waals surface area contributed by atoms with Crippen molar-refractivity contribution in [2.24, 2.45) is 11.1 Å². The molecule has 7 nitrogen and oxygen atoms in total. The summed E-state index contributed by atoms with van der Waals surface area (Å²) >= 11 is 0. The minimum absolute atomic E-state index is 0.0327. The molecule has 0 amide bonds. The van der Waals surface area contributed by atoms with Crippen LogP contribution in [0.1, 0.15) is 43.3 Å². The molecule has 148 valence electrons. The molecule has 1 saturated heterocycles. The van der Waals surface area contributed by atoms with E-state index in [0.29, 0.717) is 36.0 Å². The zero-order valence-electron chi connectivity index (χ0n) is 16.1. The van der Waals surface area contributed by atoms with E-state index < -0.39 is 16.0 Å². The molecule has 1 aromatic heterocycles. The zero-order chi connectivity index (χ0) is 20.0. The summed E-state index contributed by atoms with van der Waals surface area (Å²) in [4.78, 5) is 12.2. The van der Waals surface area contributed by atoms with Crippen molar-refractivity contribution in [3.63, 3.8) is 0 Å². The summed E-state index contributed by atoms with van der Waals surface area (Å²) in [5.74, 6) is -0.450. The van der Waals surface area contributed by atoms with Crippen LogP contribution < -0.4 is 5.73 Å². The average molecular weight is 394 g/mol. The standard InChI is InChI=1S/C19H26N2O5S/c1-5-25-18(22)17-12(2)14-10-13(6-7-15(14)26-17)27(23,24)21-9-8-16(20)19(3,4)11-21/h6-7,10,16H,5,8-9,11,20H2,1-4H3. The van der Waals surface area contributed by atoms with Gasteiger partial charge in [-0.3, -0.25) is 0 Å². The Morgan fingerprint density at radius 1 is 1.41 bits per heavy atom. The second kappa shape index (κ2) is 6.92. The maximum atomic E-state index is 13.1. The van der Waals surface area contributed by atoms with Gasteiger partial charge in [0.2, 0.25) is 15.8 Å². The van der Waals surface area contributed by atoms with E-state index in [9.17, 15) is 13.2 Å². The van der Waals surface area contributed by atoms with Crippen molar-refractivity contribution in [2.75, 3.05) is 19.7 Å². The third kappa shape index (κ3) is 3.49. The van der Waals surface area contributed by atoms with Crippen molar-refractivity contribution < 1.29 is 22.4 Å². The van der Waals surface area contributed by atoms with Crippen LogP contribution in [0.5, 0.6) is 0 Å². The van der Waals surface area contributed by atoms with Crippen molar-refractivity contribution in [3.8, 4) is 0 Å². The highest BCUT2D eigenvalue weighted by molar-refractivity contribution is 7.89. The number of ether oxygens (including phenoxy) is 1. The molecule has 8 heteroatoms. The van der Waals surface area contributed by atoms with Crippen LogP contribution in [0.4, 0.5) is 0 Å². The Kier molecular flexibility index (Phi) is 5.09. The first-order valence-electron chi connectivity index (χ1n) is 9.04. The molecule has 3 rings (SSSR count). The van der Waals surface area contributed by atoms with Crippen LogP contribution in [0.15, 0.2) is 27.5 Å². The normalized spacial score (nSPS) is 20.7. The number of aryl methyl sites for hydroxylation is 1. The Bertz CT molecular complexity index is 977. The minimum atomic E-state index is -3.67. The Morgan fingerprint density at radius 2 is 2.11 bits per heavy atom. The summed E-state index contributed by atoms with van der Waals surface area (Å²) in [5.41, 5.74) is 6.86. The number of rotatable bonds is 4. The number of carbonyl (C=O) groups is 1. The molecular formula is C19H26N2O5S. The fourth-order valence-electron chi connectivity index (χ4n) is 3.43. The van der Waals surface area contributed by atoms with Gasteiger partial charge in [-0.1, -0.05) is 13.8 Å². The largest absolute Gasteiger partial charge is 0.460 e. The van der Waals surface area contributed by atoms with Gasteiger partial charge in [0, 0.05) is 30.1 Å². The van der Waals surface area contributed by atoms with E-state index in [4.69, 9.17) is 14.9 Å². The van der Waals surface area contributed by atoms with Gasteiger partial charge in [-0.25, -0.2) is 13.2 Å². The van der Waals surface area contributed by atoms with Gasteiger partial charge in [-0.2, -0.15) is 4.31 Å². The molecule has 2 aromatic rings. The van der Waals surface area contributed by atoms with E-state index in [2.05, 4.69) is 0 Å². The van der Waals surface area contributed by atoms with E-state index >= 15 is 0 Å². The maximum Gasteiger partial charge on any atom is 0.374 e. The molecule has 0 radical (unpaired) electrons. The number of nitrogens with zero attached hydrogens (tertiary/aromatic N) is 1. The molecule has 1 aliphatic rings. The molecule has 0 spiro atoms. The monoisotopic (exact) mass is 394 g/mol. The van der Waals surface area contributed by atoms with Crippen molar-refractivity contribution >= 4 is 27.0 Å². The molecule has 1 aliphatic heterocycles. The molecule has 2 N–H and O–H groups in total. The van der Waals surface area contributed by atoms with Crippen LogP contribution in [0, 0.1) is 12.3 Å². The number of carbonyl (C=O) groups excluding carboxylic acids is 1. The zero-order valence-corrected chi connectivity index (χ0v) is 16.9. The summed E-state index contributed by atoms with van der Waals surface area (Å²) < 4.78 is 38.3. The fourth-order valence-corrected chi connectivity index (χ4v) is 5.08. The van der Waals surface area contributed by atoms with Crippen molar-refractivity contribution in [1.29, 1.82) is 0 Å². The van der Waals surface area contributed by atoms with Crippen LogP contribution in [0.2, 0.25) is 0 Å². The van der Waals surface area contributed by atoms with E-state index in [-0.39, 0.29) is 28.7 Å². The quantitative estimate of drug-likeness (QED) is 0.800. The molecule has 1 unspecified atom stereocenters. The first-order chi connectivity index (χ1) is 12.6. The van der Waals surface area contributed by atoms with Crippen LogP contribution in [0.3, 0.4) is 0 Å². The Hall–Kier alpha value is -1.90. The Labute approximate surface area is 159 Å². The van der Waals surface area contributed by atoms with Gasteiger partial charge in [0.15, 0.2) is 0 Å². The van der Waals surface area contributed by atoms with Gasteiger partial charge in [0.1, 0.15) is 5.58 Å². The predicted octanol–water partition coefficient (Wildman–Crippen LogP) is 2.67. The van der Waals surface area contributed by atoms with E-state index in [1.54, 1.807) is 26.0 Å². The van der Waals surface area contributed by atoms with Gasteiger partial charge < -0.3 is 14.9 Å². The summed E-state index contributed by atoms with van der Waals surface area (Å²) in [6, 6.07) is 4.62. The van der Waals surface area contributed by atoms with E-state index in [0.717, 1.165) is 0 Å². The van der Waals surface area contributed by atoms with Crippen molar-refractivity contribution in [2.45, 2.75) is 45.1 Å². The highest BCUT2D eigenvalue weighted by atomic mass is 32.2. The molecule has 0 bridgehead atoms. The van der Waals surface area contributed by atoms with Crippen LogP contribution in [-0.4, -0.2) is 44.4 Å². The van der Waals surface area contributed by atoms with E-state index in [1.165, 1.54) is 10.4 Å². The number of esters is 1. The lowest BCUT2D eigenvalue weighted by molar-refractivity contribution is 0.0491. The first-order valence-corrected chi connectivity index (χ1v) is 10.5. The van der Waals surface area contributed by atoms with Gasteiger partial charge in [0.05, 0.1) is 11.5 Å². The molecule has 0 saturated carbocycles. The number of fused-ring (bicyclic) bond motifs is 1. The lowest BCUT2D eigenvalue weighted by Crippen LogP contribution is -2.53. The third-order valence-electron chi connectivity index (χ3n) is 5.28. The highest BCUT2D eigenvalue weighted by Crippen LogP contribution is 2.33. The number of hydrogen-bond donors (Lipinski definition) is 1. The average Bonchev–Trinajstić information content (AvgIpc) is 2.94. The second-order valence-corrected chi connectivity index (χ2v) is 9.59. The van der Waals surface area contributed by atoms with Crippen LogP contribution >= 0.6 is 0 Å². The van der Waals surface area contributed by atoms with E-state index in [1.807, 2.05) is 13.8 Å². The van der Waals surface area contributed by atoms with Crippen LogP contribution in [0.25, 0.3) is 11.0 Å². The van der Waals surface area contributed by atoms with Crippen molar-refractivity contribution in [3.05, 3.63) is 29.5 Å². The smallest absolute Gasteiger partial charge is 0.374 e. The fraction of sp³-hybridized carbons (Fsp3) is 0.526. The Balaban J connectivity index is 1.99. The molecule has 0 aliphatic carbocycles. The number of sulfonamides is 1. The van der Waals surface area contributed by atoms with Crippen LogP contribution in [-0.2, 0) is 14.8 Å². The van der Waals surface area contributed by atoms with Gasteiger partial charge in [-0.05, 0) is 43.9 Å². The number of piperidine rings is 1. The number of nitrogens with two attached hydrogens (primary N) is 1. The lowest BCUT2D eigenvalue weighted by atomic mass is 9.81. The first kappa shape index (κ1) is 19.9. The highest BCUT2D eigenvalue weighted by Gasteiger charge is 2.39. The maximum absolute atomic E-state index is 13.1. The second-order valence-electron chi connectivity index (χ2n) is 7.66. The van der Waals surface area contributed by atoms with Gasteiger partial charge >= 0.3 is 5.97 Å². The predicted molar refractivity (Wildman–Crippen MR) is 102 cm³/mol. The third-order valence-corrected chi connectivity index (χ3v) is 7.12. The number of hydrogen-bond acceptors (Lipinski definition) is 6. The molecular weight excluding hydrogens is 368 g/mol. The summed E-state index contributed by atoms with van der Waals surface area (Å²) in [5, 5.41) is 0.590. The number of furan rings is 1. The van der Waals surface area contributed by atoms with Gasteiger partial charge in [-0.15, -0.1) is 0 Å². The molecule has 1 atom stereocenters. The minimum Gasteiger partial charge on any atom is -0.460 e. The molecule has 1 aromatic carbocycles. The Morgan fingerprint density at radius 3 is 2.74 bits per heavy atom. The van der Waals surface area contributed by atoms with Gasteiger partial charge in [0.25, 0.3) is 0 Å². The van der Waals surface area contributed by atoms with Crippen molar-refractivity contribution in [1.82, 2.24) is 4.31 Å².